The largest absolute Gasteiger partial charge is 0.457 e. The van der Waals surface area contributed by atoms with Gasteiger partial charge in [-0.05, 0) is 154 Å². The summed E-state index contributed by atoms with van der Waals surface area (Å²) in [5, 5.41) is 7.67. The second kappa shape index (κ2) is 16.1. The summed E-state index contributed by atoms with van der Waals surface area (Å²) in [5.41, 5.74) is 19.7. The molecule has 0 fully saturated rings. The molecule has 2 aliphatic heterocycles. The van der Waals surface area contributed by atoms with Crippen LogP contribution >= 0.6 is 11.8 Å². The fraction of sp³-hybridized carbons (Fsp3) is 0.0270. The summed E-state index contributed by atoms with van der Waals surface area (Å²) in [5.74, 6) is 1.77. The minimum Gasteiger partial charge on any atom is -0.457 e. The third kappa shape index (κ3) is 5.71. The number of benzene rings is 13. The lowest BCUT2D eigenvalue weighted by Crippen LogP contribution is -2.32. The Balaban J connectivity index is 0.908. The molecule has 0 radical (unpaired) electrons. The van der Waals surface area contributed by atoms with E-state index in [0.29, 0.717) is 0 Å². The monoisotopic (exact) mass is 995 g/mol. The Kier molecular flexibility index (Phi) is 8.94. The number of fused-ring (bicyclic) bond motifs is 24. The molecule has 2 nitrogen and oxygen atoms in total. The lowest BCUT2D eigenvalue weighted by molar-refractivity contribution is 0.436. The molecular weight excluding hydrogens is 951 g/mol. The van der Waals surface area contributed by atoms with Gasteiger partial charge in [0.2, 0.25) is 0 Å². The molecule has 3 heteroatoms. The van der Waals surface area contributed by atoms with Crippen LogP contribution in [0.25, 0.3) is 65.7 Å². The summed E-state index contributed by atoms with van der Waals surface area (Å²) in [4.78, 5) is 5.13. The molecule has 0 atom stereocenters. The van der Waals surface area contributed by atoms with Crippen LogP contribution in [0.2, 0.25) is 0 Å². The average Bonchev–Trinajstić information content (AvgIpc) is 4.16. The second-order valence-corrected chi connectivity index (χ2v) is 22.0. The van der Waals surface area contributed by atoms with E-state index in [1.54, 1.807) is 0 Å². The lowest BCUT2D eigenvalue weighted by atomic mass is 9.66. The van der Waals surface area contributed by atoms with Crippen molar-refractivity contribution in [3.63, 3.8) is 0 Å². The number of rotatable bonds is 4. The fourth-order valence-corrected chi connectivity index (χ4v) is 15.6. The summed E-state index contributed by atoms with van der Waals surface area (Å²) in [6.45, 7) is 0. The van der Waals surface area contributed by atoms with Crippen molar-refractivity contribution in [2.24, 2.45) is 0 Å². The number of hydrogen-bond acceptors (Lipinski definition) is 3. The summed E-state index contributed by atoms with van der Waals surface area (Å²) in [6.07, 6.45) is 0. The first-order chi connectivity index (χ1) is 38.2. The first-order valence-electron chi connectivity index (χ1n) is 26.6. The van der Waals surface area contributed by atoms with Gasteiger partial charge >= 0.3 is 0 Å². The van der Waals surface area contributed by atoms with E-state index in [9.17, 15) is 0 Å². The van der Waals surface area contributed by atoms with Crippen molar-refractivity contribution in [3.8, 4) is 44.9 Å². The number of hydrogen-bond donors (Lipinski definition) is 0. The van der Waals surface area contributed by atoms with E-state index in [4.69, 9.17) is 4.74 Å². The number of para-hydroxylation sites is 2. The van der Waals surface area contributed by atoms with Gasteiger partial charge in [0.25, 0.3) is 0 Å². The average molecular weight is 996 g/mol. The van der Waals surface area contributed by atoms with Gasteiger partial charge in [0.15, 0.2) is 0 Å². The van der Waals surface area contributed by atoms with E-state index >= 15 is 0 Å². The van der Waals surface area contributed by atoms with Crippen LogP contribution in [-0.2, 0) is 10.8 Å². The Bertz CT molecular complexity index is 4540. The zero-order valence-electron chi connectivity index (χ0n) is 41.7. The van der Waals surface area contributed by atoms with Crippen molar-refractivity contribution in [2.75, 3.05) is 4.90 Å². The van der Waals surface area contributed by atoms with E-state index in [0.717, 1.165) is 39.7 Å². The molecule has 13 aromatic carbocycles. The van der Waals surface area contributed by atoms with Crippen LogP contribution in [0.4, 0.5) is 17.1 Å². The smallest absolute Gasteiger partial charge is 0.132 e. The molecule has 77 heavy (non-hydrogen) atoms. The van der Waals surface area contributed by atoms with Crippen LogP contribution in [0, 0.1) is 0 Å². The molecule has 2 heterocycles. The third-order valence-electron chi connectivity index (χ3n) is 17.4. The van der Waals surface area contributed by atoms with Crippen molar-refractivity contribution >= 4 is 61.1 Å². The molecule has 17 rings (SSSR count). The maximum atomic E-state index is 6.77. The van der Waals surface area contributed by atoms with Gasteiger partial charge in [-0.1, -0.05) is 224 Å². The highest BCUT2D eigenvalue weighted by molar-refractivity contribution is 7.99. The van der Waals surface area contributed by atoms with Crippen molar-refractivity contribution in [2.45, 2.75) is 20.6 Å². The molecule has 0 saturated heterocycles. The van der Waals surface area contributed by atoms with Gasteiger partial charge in [0.05, 0.1) is 16.5 Å². The quantitative estimate of drug-likeness (QED) is 0.163. The second-order valence-electron chi connectivity index (χ2n) is 20.9. The van der Waals surface area contributed by atoms with Gasteiger partial charge in [-0.15, -0.1) is 0 Å². The molecule has 0 bridgehead atoms. The van der Waals surface area contributed by atoms with Crippen LogP contribution in [0.1, 0.15) is 44.5 Å². The highest BCUT2D eigenvalue weighted by Crippen LogP contribution is 2.66. The molecule has 2 spiro atoms. The van der Waals surface area contributed by atoms with Crippen LogP contribution in [0.3, 0.4) is 0 Å². The SMILES string of the molecule is c1ccc2c(c1)Oc1ccccc1C21c2ccccc2-c2c(N(c3ccc(-c4ccc5c6ccccc6c6ccccc6c5c4)cc3)c3ccc4c(c3)-c3ccccc3C43c4ccccc4Sc4ccccc43)cccc21. The minimum atomic E-state index is -0.614. The first-order valence-corrected chi connectivity index (χ1v) is 27.5. The van der Waals surface area contributed by atoms with E-state index in [2.05, 4.69) is 278 Å². The van der Waals surface area contributed by atoms with E-state index in [1.807, 2.05) is 11.8 Å². The van der Waals surface area contributed by atoms with Crippen LogP contribution in [0.15, 0.2) is 283 Å². The molecule has 4 aliphatic rings. The third-order valence-corrected chi connectivity index (χ3v) is 18.5. The van der Waals surface area contributed by atoms with Gasteiger partial charge in [-0.25, -0.2) is 0 Å². The molecule has 0 unspecified atom stereocenters. The van der Waals surface area contributed by atoms with E-state index < -0.39 is 10.8 Å². The molecular formula is C74H45NOS. The number of anilines is 3. The zero-order valence-corrected chi connectivity index (χ0v) is 42.6. The predicted molar refractivity (Wildman–Crippen MR) is 318 cm³/mol. The molecule has 2 aliphatic carbocycles. The lowest BCUT2D eigenvalue weighted by Gasteiger charge is -2.40. The van der Waals surface area contributed by atoms with Crippen molar-refractivity contribution < 1.29 is 4.74 Å². The van der Waals surface area contributed by atoms with Gasteiger partial charge in [-0.3, -0.25) is 0 Å². The predicted octanol–water partition coefficient (Wildman–Crippen LogP) is 19.6. The molecule has 358 valence electrons. The van der Waals surface area contributed by atoms with Gasteiger partial charge in [0.1, 0.15) is 11.5 Å². The normalized spacial score (nSPS) is 14.2. The standard InChI is InChI=1S/C74H45NOS/c1-2-20-52-50(18-1)51-19-3-4-21-53(51)57-44-47(38-42-54(52)57)46-36-39-48(40-37-46)75(49-41-43-61-58(45-49)55-22-5-7-24-59(55)73(61)64-28-11-15-34-70(64)77-71-35-16-12-29-65(71)73)67-31-17-30-66-72(67)56-23-6-8-25-60(56)74(66)62-26-9-13-32-68(62)76-69-33-14-10-27-63(69)74/h1-45H. The summed E-state index contributed by atoms with van der Waals surface area (Å²) >= 11 is 1.89. The van der Waals surface area contributed by atoms with Gasteiger partial charge < -0.3 is 9.64 Å². The minimum absolute atomic E-state index is 0.476. The Morgan fingerprint density at radius 1 is 0.286 bits per heavy atom. The van der Waals surface area contributed by atoms with E-state index in [1.165, 1.54) is 109 Å². The highest BCUT2D eigenvalue weighted by Gasteiger charge is 2.53. The molecule has 0 amide bonds. The number of nitrogens with zero attached hydrogens (tertiary/aromatic N) is 1. The molecule has 0 N–H and O–H groups in total. The summed E-state index contributed by atoms with van der Waals surface area (Å²) in [7, 11) is 0. The molecule has 0 saturated carbocycles. The summed E-state index contributed by atoms with van der Waals surface area (Å²) in [6, 6.07) is 102. The topological polar surface area (TPSA) is 12.5 Å². The summed E-state index contributed by atoms with van der Waals surface area (Å²) < 4.78 is 6.77. The van der Waals surface area contributed by atoms with Crippen LogP contribution < -0.4 is 9.64 Å². The molecule has 13 aromatic rings. The fourth-order valence-electron chi connectivity index (χ4n) is 14.4. The van der Waals surface area contributed by atoms with Gasteiger partial charge in [0, 0.05) is 37.9 Å². The molecule has 0 aromatic heterocycles. The van der Waals surface area contributed by atoms with Crippen LogP contribution in [-0.4, -0.2) is 0 Å². The maximum Gasteiger partial charge on any atom is 0.132 e. The Labute approximate surface area is 451 Å². The highest BCUT2D eigenvalue weighted by atomic mass is 32.2. The van der Waals surface area contributed by atoms with Crippen molar-refractivity contribution in [1.82, 2.24) is 0 Å². The van der Waals surface area contributed by atoms with Crippen LogP contribution in [0.5, 0.6) is 11.5 Å². The van der Waals surface area contributed by atoms with Gasteiger partial charge in [-0.2, -0.15) is 0 Å². The van der Waals surface area contributed by atoms with Crippen molar-refractivity contribution in [3.05, 3.63) is 317 Å². The maximum absolute atomic E-state index is 6.77. The Morgan fingerprint density at radius 3 is 1.39 bits per heavy atom. The Morgan fingerprint density at radius 2 is 0.740 bits per heavy atom. The Hall–Kier alpha value is -9.41. The van der Waals surface area contributed by atoms with E-state index in [-0.39, 0.29) is 0 Å². The zero-order chi connectivity index (χ0) is 50.4. The first kappa shape index (κ1) is 42.9. The number of ether oxygens (including phenoxy) is 1. The van der Waals surface area contributed by atoms with Crippen molar-refractivity contribution in [1.29, 1.82) is 0 Å².